The van der Waals surface area contributed by atoms with E-state index in [1.807, 2.05) is 0 Å². The van der Waals surface area contributed by atoms with Gasteiger partial charge in [0.15, 0.2) is 0 Å². The normalized spacial score (nSPS) is 58.0. The van der Waals surface area contributed by atoms with E-state index < -0.39 is 0 Å². The van der Waals surface area contributed by atoms with Gasteiger partial charge in [-0.1, -0.05) is 13.3 Å². The van der Waals surface area contributed by atoms with Crippen LogP contribution in [-0.4, -0.2) is 24.0 Å². The van der Waals surface area contributed by atoms with E-state index in [-0.39, 0.29) is 0 Å². The molecule has 3 rings (SSSR count). The van der Waals surface area contributed by atoms with Crippen molar-refractivity contribution in [2.45, 2.75) is 51.1 Å². The summed E-state index contributed by atoms with van der Waals surface area (Å²) >= 11 is 0. The molecule has 1 aliphatic carbocycles. The summed E-state index contributed by atoms with van der Waals surface area (Å²) in [7, 11) is 2.35. The molecule has 0 aromatic heterocycles. The van der Waals surface area contributed by atoms with Crippen molar-refractivity contribution in [2.75, 3.05) is 7.05 Å². The number of rotatable bonds is 0. The van der Waals surface area contributed by atoms with Crippen LogP contribution in [0.4, 0.5) is 0 Å². The van der Waals surface area contributed by atoms with Gasteiger partial charge in [0.05, 0.1) is 0 Å². The average Bonchev–Trinajstić information content (AvgIpc) is 2.60. The van der Waals surface area contributed by atoms with Gasteiger partial charge >= 0.3 is 0 Å². The smallest absolute Gasteiger partial charge is 0.0153 e. The highest BCUT2D eigenvalue weighted by molar-refractivity contribution is 5.12. The molecule has 2 saturated heterocycles. The summed E-state index contributed by atoms with van der Waals surface area (Å²) in [5, 5.41) is 0. The van der Waals surface area contributed by atoms with E-state index in [0.717, 1.165) is 23.4 Å². The quantitative estimate of drug-likeness (QED) is 0.532. The minimum absolute atomic E-state index is 0.720. The maximum atomic E-state index is 2.68. The first-order valence-corrected chi connectivity index (χ1v) is 5.45. The van der Waals surface area contributed by atoms with Crippen molar-refractivity contribution in [1.82, 2.24) is 4.90 Å². The Morgan fingerprint density at radius 3 is 2.83 bits per heavy atom. The summed E-state index contributed by atoms with van der Waals surface area (Å²) in [6.07, 6.45) is 7.49. The Hall–Kier alpha value is -0.0400. The molecule has 12 heavy (non-hydrogen) atoms. The van der Waals surface area contributed by atoms with Gasteiger partial charge in [-0.3, -0.25) is 4.90 Å². The number of nitrogens with zero attached hydrogens (tertiary/aromatic N) is 1. The molecule has 0 N–H and O–H groups in total. The van der Waals surface area contributed by atoms with E-state index in [0.29, 0.717) is 0 Å². The van der Waals surface area contributed by atoms with Crippen LogP contribution < -0.4 is 0 Å². The van der Waals surface area contributed by atoms with Gasteiger partial charge in [0.1, 0.15) is 0 Å². The lowest BCUT2D eigenvalue weighted by molar-refractivity contribution is 0.180. The lowest BCUT2D eigenvalue weighted by Gasteiger charge is -2.34. The van der Waals surface area contributed by atoms with E-state index in [9.17, 15) is 0 Å². The Kier molecular flexibility index (Phi) is 1.27. The van der Waals surface area contributed by atoms with Crippen LogP contribution in [0.5, 0.6) is 0 Å². The first-order valence-electron chi connectivity index (χ1n) is 5.45. The maximum Gasteiger partial charge on any atom is 0.0153 e. The summed E-state index contributed by atoms with van der Waals surface area (Å²) < 4.78 is 0. The Labute approximate surface area is 75.1 Å². The molecule has 2 heterocycles. The molecule has 0 radical (unpaired) electrons. The van der Waals surface area contributed by atoms with Gasteiger partial charge in [0, 0.05) is 12.1 Å². The van der Waals surface area contributed by atoms with Gasteiger partial charge in [0.25, 0.3) is 0 Å². The highest BCUT2D eigenvalue weighted by Gasteiger charge is 2.59. The standard InChI is InChI=1S/C11H19N/c1-11-7-3-4-8(11)9-5-6-10(11)12(9)2/h8-10H,3-7H2,1-2H3. The Bertz CT molecular complexity index is 207. The van der Waals surface area contributed by atoms with Crippen LogP contribution in [0.1, 0.15) is 39.0 Å². The summed E-state index contributed by atoms with van der Waals surface area (Å²) in [6.45, 7) is 2.55. The number of hydrogen-bond donors (Lipinski definition) is 0. The van der Waals surface area contributed by atoms with E-state index >= 15 is 0 Å². The molecule has 3 fully saturated rings. The molecule has 2 bridgehead atoms. The molecule has 1 nitrogen and oxygen atoms in total. The molecular formula is C11H19N. The van der Waals surface area contributed by atoms with E-state index in [4.69, 9.17) is 0 Å². The van der Waals surface area contributed by atoms with Crippen LogP contribution in [-0.2, 0) is 0 Å². The third-order valence-electron chi connectivity index (χ3n) is 5.05. The average molecular weight is 165 g/mol. The minimum atomic E-state index is 0.720. The SMILES string of the molecule is CN1C2CCC1C1(C)CCCC21. The highest BCUT2D eigenvalue weighted by atomic mass is 15.2. The second-order valence-electron chi connectivity index (χ2n) is 5.33. The Morgan fingerprint density at radius 1 is 1.25 bits per heavy atom. The predicted octanol–water partition coefficient (Wildman–Crippen LogP) is 2.27. The van der Waals surface area contributed by atoms with Gasteiger partial charge in [-0.05, 0) is 44.1 Å². The molecule has 4 atom stereocenters. The molecule has 2 aliphatic heterocycles. The van der Waals surface area contributed by atoms with Crippen LogP contribution in [0, 0.1) is 11.3 Å². The van der Waals surface area contributed by atoms with Crippen molar-refractivity contribution in [1.29, 1.82) is 0 Å². The minimum Gasteiger partial charge on any atom is -0.300 e. The molecule has 0 aromatic carbocycles. The largest absolute Gasteiger partial charge is 0.300 e. The van der Waals surface area contributed by atoms with Crippen molar-refractivity contribution in [3.8, 4) is 0 Å². The van der Waals surface area contributed by atoms with Gasteiger partial charge < -0.3 is 0 Å². The monoisotopic (exact) mass is 165 g/mol. The molecular weight excluding hydrogens is 146 g/mol. The molecule has 3 aliphatic rings. The Balaban J connectivity index is 2.01. The van der Waals surface area contributed by atoms with Crippen LogP contribution in [0.2, 0.25) is 0 Å². The summed E-state index contributed by atoms with van der Waals surface area (Å²) in [6, 6.07) is 1.90. The van der Waals surface area contributed by atoms with Gasteiger partial charge in [-0.2, -0.15) is 0 Å². The molecule has 0 amide bonds. The topological polar surface area (TPSA) is 3.24 Å². The zero-order valence-corrected chi connectivity index (χ0v) is 8.21. The number of hydrogen-bond acceptors (Lipinski definition) is 1. The molecule has 1 heteroatoms. The van der Waals surface area contributed by atoms with Crippen LogP contribution in [0.15, 0.2) is 0 Å². The second-order valence-corrected chi connectivity index (χ2v) is 5.33. The van der Waals surface area contributed by atoms with Gasteiger partial charge in [-0.25, -0.2) is 0 Å². The zero-order valence-electron chi connectivity index (χ0n) is 8.21. The van der Waals surface area contributed by atoms with E-state index in [2.05, 4.69) is 18.9 Å². The van der Waals surface area contributed by atoms with Gasteiger partial charge in [0.2, 0.25) is 0 Å². The number of fused-ring (bicyclic) bond motifs is 5. The lowest BCUT2D eigenvalue weighted by atomic mass is 9.70. The molecule has 68 valence electrons. The van der Waals surface area contributed by atoms with Crippen LogP contribution in [0.3, 0.4) is 0 Å². The third kappa shape index (κ3) is 0.618. The third-order valence-corrected chi connectivity index (χ3v) is 5.05. The van der Waals surface area contributed by atoms with Gasteiger partial charge in [-0.15, -0.1) is 0 Å². The molecule has 0 aromatic rings. The van der Waals surface area contributed by atoms with Crippen molar-refractivity contribution >= 4 is 0 Å². The second kappa shape index (κ2) is 2.06. The zero-order chi connectivity index (χ0) is 8.34. The van der Waals surface area contributed by atoms with Crippen LogP contribution in [0.25, 0.3) is 0 Å². The first-order chi connectivity index (χ1) is 5.73. The fourth-order valence-corrected chi connectivity index (χ4v) is 4.51. The lowest BCUT2D eigenvalue weighted by Crippen LogP contribution is -2.34. The fourth-order valence-electron chi connectivity index (χ4n) is 4.51. The summed E-state index contributed by atoms with van der Waals surface area (Å²) in [5.41, 5.74) is 0.720. The maximum absolute atomic E-state index is 2.68. The predicted molar refractivity (Wildman–Crippen MR) is 50.0 cm³/mol. The summed E-state index contributed by atoms with van der Waals surface area (Å²) in [5.74, 6) is 1.06. The molecule has 0 spiro atoms. The van der Waals surface area contributed by atoms with Crippen LogP contribution >= 0.6 is 0 Å². The Morgan fingerprint density at radius 2 is 2.08 bits per heavy atom. The summed E-state index contributed by atoms with van der Waals surface area (Å²) in [4.78, 5) is 2.68. The van der Waals surface area contributed by atoms with Crippen molar-refractivity contribution in [2.24, 2.45) is 11.3 Å². The first kappa shape index (κ1) is 7.37. The fraction of sp³-hybridized carbons (Fsp3) is 1.00. The van der Waals surface area contributed by atoms with Crippen molar-refractivity contribution in [3.05, 3.63) is 0 Å². The van der Waals surface area contributed by atoms with Crippen molar-refractivity contribution in [3.63, 3.8) is 0 Å². The molecule has 4 unspecified atom stereocenters. The highest BCUT2D eigenvalue weighted by Crippen LogP contribution is 2.60. The van der Waals surface area contributed by atoms with E-state index in [1.54, 1.807) is 0 Å². The molecule has 1 saturated carbocycles. The van der Waals surface area contributed by atoms with Crippen molar-refractivity contribution < 1.29 is 0 Å². The van der Waals surface area contributed by atoms with E-state index in [1.165, 1.54) is 32.1 Å².